The summed E-state index contributed by atoms with van der Waals surface area (Å²) in [6.45, 7) is 1.61. The molecular formula is C12H12FN3O3. The summed E-state index contributed by atoms with van der Waals surface area (Å²) < 4.78 is 12.9. The third-order valence-corrected chi connectivity index (χ3v) is 2.36. The molecule has 1 atom stereocenters. The first-order valence-electron chi connectivity index (χ1n) is 5.48. The van der Waals surface area contributed by atoms with E-state index in [0.717, 1.165) is 12.1 Å². The molecule has 1 aromatic rings. The van der Waals surface area contributed by atoms with Crippen molar-refractivity contribution in [2.75, 3.05) is 5.32 Å². The minimum atomic E-state index is -1.16. The number of urea groups is 1. The molecule has 1 aromatic carbocycles. The molecule has 0 aromatic heterocycles. The fraction of sp³-hybridized carbons (Fsp3) is 0.250. The second-order valence-electron chi connectivity index (χ2n) is 3.70. The van der Waals surface area contributed by atoms with Gasteiger partial charge in [0.15, 0.2) is 0 Å². The zero-order valence-corrected chi connectivity index (χ0v) is 10.1. The molecule has 0 aliphatic rings. The van der Waals surface area contributed by atoms with E-state index < -0.39 is 23.9 Å². The first-order valence-corrected chi connectivity index (χ1v) is 5.48. The number of nitrogens with one attached hydrogen (secondary N) is 2. The minimum absolute atomic E-state index is 0.0430. The van der Waals surface area contributed by atoms with E-state index >= 15 is 0 Å². The van der Waals surface area contributed by atoms with Gasteiger partial charge in [-0.15, -0.1) is 0 Å². The lowest BCUT2D eigenvalue weighted by atomic mass is 10.2. The number of amides is 2. The van der Waals surface area contributed by atoms with Crippen molar-refractivity contribution >= 4 is 17.7 Å². The van der Waals surface area contributed by atoms with E-state index in [2.05, 4.69) is 10.6 Å². The summed E-state index contributed by atoms with van der Waals surface area (Å²) in [5, 5.41) is 22.1. The summed E-state index contributed by atoms with van der Waals surface area (Å²) in [6, 6.07) is 3.24. The predicted molar refractivity (Wildman–Crippen MR) is 65.0 cm³/mol. The summed E-state index contributed by atoms with van der Waals surface area (Å²) in [4.78, 5) is 22.3. The fourth-order valence-corrected chi connectivity index (χ4v) is 1.37. The van der Waals surface area contributed by atoms with Crippen molar-refractivity contribution in [3.05, 3.63) is 29.6 Å². The first-order chi connectivity index (χ1) is 8.97. The van der Waals surface area contributed by atoms with Crippen LogP contribution in [0, 0.1) is 17.1 Å². The number of carbonyl (C=O) groups excluding carboxylic acids is 1. The topological polar surface area (TPSA) is 102 Å². The highest BCUT2D eigenvalue weighted by Crippen LogP contribution is 2.15. The third kappa shape index (κ3) is 3.96. The molecular weight excluding hydrogens is 253 g/mol. The van der Waals surface area contributed by atoms with Crippen LogP contribution >= 0.6 is 0 Å². The zero-order valence-electron chi connectivity index (χ0n) is 10.1. The van der Waals surface area contributed by atoms with Gasteiger partial charge in [-0.1, -0.05) is 6.92 Å². The molecule has 7 heteroatoms. The van der Waals surface area contributed by atoms with Crippen molar-refractivity contribution < 1.29 is 19.1 Å². The second-order valence-corrected chi connectivity index (χ2v) is 3.70. The van der Waals surface area contributed by atoms with Crippen molar-refractivity contribution in [2.24, 2.45) is 0 Å². The molecule has 2 amide bonds. The van der Waals surface area contributed by atoms with Crippen LogP contribution in [0.15, 0.2) is 18.2 Å². The Hall–Kier alpha value is -2.62. The van der Waals surface area contributed by atoms with Gasteiger partial charge in [0.2, 0.25) is 0 Å². The van der Waals surface area contributed by atoms with E-state index in [1.165, 1.54) is 6.07 Å². The molecule has 6 nitrogen and oxygen atoms in total. The number of carbonyl (C=O) groups is 2. The molecule has 0 aliphatic carbocycles. The molecule has 19 heavy (non-hydrogen) atoms. The zero-order chi connectivity index (χ0) is 14.4. The van der Waals surface area contributed by atoms with E-state index in [4.69, 9.17) is 10.4 Å². The SMILES string of the molecule is CCC(NC(=O)Nc1ccc(F)cc1C#N)C(=O)O. The maximum atomic E-state index is 12.9. The summed E-state index contributed by atoms with van der Waals surface area (Å²) in [7, 11) is 0. The Labute approximate surface area is 108 Å². The second kappa shape index (κ2) is 6.35. The summed E-state index contributed by atoms with van der Waals surface area (Å²) >= 11 is 0. The van der Waals surface area contributed by atoms with Gasteiger partial charge < -0.3 is 15.7 Å². The maximum Gasteiger partial charge on any atom is 0.326 e. The van der Waals surface area contributed by atoms with Crippen LogP contribution in [0.1, 0.15) is 18.9 Å². The monoisotopic (exact) mass is 265 g/mol. The van der Waals surface area contributed by atoms with Gasteiger partial charge in [-0.25, -0.2) is 14.0 Å². The van der Waals surface area contributed by atoms with Crippen molar-refractivity contribution in [3.63, 3.8) is 0 Å². The molecule has 100 valence electrons. The van der Waals surface area contributed by atoms with Gasteiger partial charge >= 0.3 is 12.0 Å². The van der Waals surface area contributed by atoms with Crippen molar-refractivity contribution in [3.8, 4) is 6.07 Å². The fourth-order valence-electron chi connectivity index (χ4n) is 1.37. The number of carboxylic acids is 1. The largest absolute Gasteiger partial charge is 0.480 e. The summed E-state index contributed by atoms with van der Waals surface area (Å²) in [5.41, 5.74) is 0.0696. The normalized spacial score (nSPS) is 11.2. The predicted octanol–water partition coefficient (Wildman–Crippen LogP) is 1.68. The Kier molecular flexibility index (Phi) is 4.83. The number of nitrogens with zero attached hydrogens (tertiary/aromatic N) is 1. The molecule has 0 fully saturated rings. The quantitative estimate of drug-likeness (QED) is 0.770. The molecule has 0 heterocycles. The number of hydrogen-bond donors (Lipinski definition) is 3. The molecule has 0 bridgehead atoms. The average molecular weight is 265 g/mol. The summed E-state index contributed by atoms with van der Waals surface area (Å²) in [6.07, 6.45) is 0.220. The van der Waals surface area contributed by atoms with E-state index in [0.29, 0.717) is 0 Å². The maximum absolute atomic E-state index is 12.9. The molecule has 0 saturated carbocycles. The van der Waals surface area contributed by atoms with Gasteiger partial charge in [0.05, 0.1) is 11.3 Å². The van der Waals surface area contributed by atoms with Gasteiger partial charge in [0.25, 0.3) is 0 Å². The van der Waals surface area contributed by atoms with Gasteiger partial charge in [-0.05, 0) is 24.6 Å². The van der Waals surface area contributed by atoms with Gasteiger partial charge in [0, 0.05) is 0 Å². The minimum Gasteiger partial charge on any atom is -0.480 e. The number of halogens is 1. The lowest BCUT2D eigenvalue weighted by molar-refractivity contribution is -0.139. The van der Waals surface area contributed by atoms with Crippen LogP contribution in [0.25, 0.3) is 0 Å². The van der Waals surface area contributed by atoms with E-state index in [1.54, 1.807) is 13.0 Å². The number of carboxylic acid groups (broad SMARTS) is 1. The number of aliphatic carboxylic acids is 1. The lowest BCUT2D eigenvalue weighted by Gasteiger charge is -2.13. The van der Waals surface area contributed by atoms with Crippen LogP contribution in [0.5, 0.6) is 0 Å². The smallest absolute Gasteiger partial charge is 0.326 e. The van der Waals surface area contributed by atoms with E-state index in [-0.39, 0.29) is 17.7 Å². The third-order valence-electron chi connectivity index (χ3n) is 2.36. The van der Waals surface area contributed by atoms with Crippen LogP contribution in [-0.4, -0.2) is 23.1 Å². The number of anilines is 1. The molecule has 0 radical (unpaired) electrons. The molecule has 1 unspecified atom stereocenters. The number of hydrogen-bond acceptors (Lipinski definition) is 3. The molecule has 0 spiro atoms. The van der Waals surface area contributed by atoms with E-state index in [1.807, 2.05) is 0 Å². The Morgan fingerprint density at radius 3 is 2.74 bits per heavy atom. The number of benzene rings is 1. The van der Waals surface area contributed by atoms with Crippen molar-refractivity contribution in [2.45, 2.75) is 19.4 Å². The molecule has 0 aliphatic heterocycles. The van der Waals surface area contributed by atoms with Crippen LogP contribution in [0.3, 0.4) is 0 Å². The number of rotatable bonds is 4. The number of nitriles is 1. The van der Waals surface area contributed by atoms with Crippen molar-refractivity contribution in [1.82, 2.24) is 5.32 Å². The Balaban J connectivity index is 2.78. The van der Waals surface area contributed by atoms with Gasteiger partial charge in [-0.3, -0.25) is 0 Å². The van der Waals surface area contributed by atoms with Crippen LogP contribution < -0.4 is 10.6 Å². The highest BCUT2D eigenvalue weighted by molar-refractivity contribution is 5.93. The van der Waals surface area contributed by atoms with Crippen LogP contribution in [0.2, 0.25) is 0 Å². The lowest BCUT2D eigenvalue weighted by Crippen LogP contribution is -2.42. The van der Waals surface area contributed by atoms with Crippen LogP contribution in [0.4, 0.5) is 14.9 Å². The Morgan fingerprint density at radius 1 is 1.53 bits per heavy atom. The average Bonchev–Trinajstić information content (AvgIpc) is 2.37. The first kappa shape index (κ1) is 14.4. The van der Waals surface area contributed by atoms with Gasteiger partial charge in [0.1, 0.15) is 17.9 Å². The van der Waals surface area contributed by atoms with Crippen molar-refractivity contribution in [1.29, 1.82) is 5.26 Å². The standard InChI is InChI=1S/C12H12FN3O3/c1-2-9(11(17)18)15-12(19)16-10-4-3-8(13)5-7(10)6-14/h3-5,9H,2H2,1H3,(H,17,18)(H2,15,16,19). The summed E-state index contributed by atoms with van der Waals surface area (Å²) in [5.74, 6) is -1.75. The highest BCUT2D eigenvalue weighted by atomic mass is 19.1. The Bertz CT molecular complexity index is 540. The van der Waals surface area contributed by atoms with Gasteiger partial charge in [-0.2, -0.15) is 5.26 Å². The highest BCUT2D eigenvalue weighted by Gasteiger charge is 2.18. The molecule has 3 N–H and O–H groups in total. The van der Waals surface area contributed by atoms with Crippen LogP contribution in [-0.2, 0) is 4.79 Å². The molecule has 1 rings (SSSR count). The molecule has 0 saturated heterocycles. The van der Waals surface area contributed by atoms with E-state index in [9.17, 15) is 14.0 Å². The Morgan fingerprint density at radius 2 is 2.21 bits per heavy atom.